The Bertz CT molecular complexity index is 1680. The number of ether oxygens (including phenoxy) is 2. The highest BCUT2D eigenvalue weighted by atomic mass is 31.2. The van der Waals surface area contributed by atoms with Crippen LogP contribution in [0.1, 0.15) is 265 Å². The predicted molar refractivity (Wildman–Crippen MR) is 331 cm³/mol. The topological polar surface area (TPSA) is 321 Å². The van der Waals surface area contributed by atoms with Crippen LogP contribution >= 0.6 is 15.6 Å². The molecule has 0 saturated carbocycles. The highest BCUT2D eigenvalue weighted by Gasteiger charge is 2.27. The summed E-state index contributed by atoms with van der Waals surface area (Å²) in [5.74, 6) is -3.20. The molecular formula is C61H118N4O18P2. The highest BCUT2D eigenvalue weighted by molar-refractivity contribution is 7.47. The number of hydrogen-bond donors (Lipinski definition) is 8. The van der Waals surface area contributed by atoms with Crippen molar-refractivity contribution in [3.63, 3.8) is 0 Å². The van der Waals surface area contributed by atoms with E-state index in [1.165, 1.54) is 64.2 Å². The van der Waals surface area contributed by atoms with Crippen molar-refractivity contribution >= 4 is 50.8 Å². The Balaban J connectivity index is 5.02. The van der Waals surface area contributed by atoms with Gasteiger partial charge in [-0.2, -0.15) is 0 Å². The van der Waals surface area contributed by atoms with Crippen molar-refractivity contribution in [3.8, 4) is 0 Å². The van der Waals surface area contributed by atoms with Gasteiger partial charge in [0.2, 0.25) is 23.6 Å². The van der Waals surface area contributed by atoms with Gasteiger partial charge in [-0.1, -0.05) is 195 Å². The van der Waals surface area contributed by atoms with Crippen LogP contribution in [0.25, 0.3) is 0 Å². The summed E-state index contributed by atoms with van der Waals surface area (Å²) in [5.41, 5.74) is 0. The van der Waals surface area contributed by atoms with E-state index >= 15 is 0 Å². The van der Waals surface area contributed by atoms with Crippen molar-refractivity contribution in [2.45, 2.75) is 290 Å². The largest absolute Gasteiger partial charge is 0.472 e. The second kappa shape index (κ2) is 56.5. The molecule has 0 aliphatic carbocycles. The number of phosphoric acid groups is 2. The van der Waals surface area contributed by atoms with Crippen molar-refractivity contribution in [1.82, 2.24) is 21.3 Å². The van der Waals surface area contributed by atoms with Crippen LogP contribution in [0.2, 0.25) is 0 Å². The van der Waals surface area contributed by atoms with Crippen LogP contribution in [-0.2, 0) is 65.5 Å². The Hall–Kier alpha value is -2.72. The zero-order chi connectivity index (χ0) is 63.1. The minimum absolute atomic E-state index is 0.145. The molecule has 22 nitrogen and oxygen atoms in total. The molecule has 500 valence electrons. The van der Waals surface area contributed by atoms with Crippen LogP contribution in [0.5, 0.6) is 0 Å². The maximum absolute atomic E-state index is 12.9. The first-order chi connectivity index (χ1) is 40.8. The van der Waals surface area contributed by atoms with Gasteiger partial charge in [-0.25, -0.2) is 9.13 Å². The summed E-state index contributed by atoms with van der Waals surface area (Å²) in [6.07, 6.45) is 30.1. The summed E-state index contributed by atoms with van der Waals surface area (Å²) in [6, 6.07) is -1.90. The van der Waals surface area contributed by atoms with Crippen molar-refractivity contribution in [2.75, 3.05) is 65.9 Å². The average Bonchev–Trinajstić information content (AvgIpc) is 3.54. The van der Waals surface area contributed by atoms with Gasteiger partial charge in [0, 0.05) is 39.1 Å². The summed E-state index contributed by atoms with van der Waals surface area (Å²) >= 11 is 0. The zero-order valence-electron chi connectivity index (χ0n) is 52.9. The van der Waals surface area contributed by atoms with Gasteiger partial charge in [-0.15, -0.1) is 0 Å². The Morgan fingerprint density at radius 2 is 0.671 bits per heavy atom. The minimum atomic E-state index is -4.75. The van der Waals surface area contributed by atoms with Gasteiger partial charge in [0.1, 0.15) is 18.0 Å². The van der Waals surface area contributed by atoms with Gasteiger partial charge in [-0.3, -0.25) is 46.9 Å². The van der Waals surface area contributed by atoms with Crippen LogP contribution in [0, 0.1) is 0 Å². The average molecular weight is 1260 g/mol. The highest BCUT2D eigenvalue weighted by Crippen LogP contribution is 2.43. The molecule has 0 aliphatic heterocycles. The number of Topliss-reactive ketones (excluding diaryl/α,β-unsaturated/α-hetero) is 2. The summed E-state index contributed by atoms with van der Waals surface area (Å²) in [4.78, 5) is 96.8. The SMILES string of the molecule is CCCCCCCCCCCC(=O)CC(=O)NC(COCC[C@H](O)CCCCCCC)COP(=O)(O)OCCNC(=O)CC(=O)NCCOP(=O)(O)OCC(COCC[C@H](O)CCCCCCC)NC(=O)CC(=O)CCCCCCCCCCC. The number of amides is 4. The van der Waals surface area contributed by atoms with Crippen molar-refractivity contribution in [3.05, 3.63) is 0 Å². The van der Waals surface area contributed by atoms with E-state index in [0.29, 0.717) is 38.5 Å². The van der Waals surface area contributed by atoms with Gasteiger partial charge >= 0.3 is 15.6 Å². The number of nitrogens with one attached hydrogen (secondary N) is 4. The Morgan fingerprint density at radius 1 is 0.365 bits per heavy atom. The van der Waals surface area contributed by atoms with E-state index in [2.05, 4.69) is 49.0 Å². The Morgan fingerprint density at radius 3 is 1.00 bits per heavy atom. The maximum atomic E-state index is 12.9. The standard InChI is InChI=1S/C61H118N4O18P2/c1-5-9-13-17-19-21-23-27-31-35-56(68)45-60(72)64-52(48-78-41-37-54(66)33-29-25-15-11-7-3)50-82-84(74,75)80-43-39-62-58(70)47-59(71)63-40-44-81-85(76,77)83-51-53(49-79-42-38-55(67)34-30-26-16-12-8-4)65-61(73)46-57(69)36-32-28-24-22-20-18-14-10-6-2/h52-55,66-67H,5-51H2,1-4H3,(H,62,70)(H,63,71)(H,64,72)(H,65,73)(H,74,75)(H,76,77)/t52?,53?,54-,55-/m1/s1. The summed E-state index contributed by atoms with van der Waals surface area (Å²) in [7, 11) is -9.50. The third-order valence-corrected chi connectivity index (χ3v) is 16.2. The Kier molecular flexibility index (Phi) is 54.7. The van der Waals surface area contributed by atoms with E-state index in [-0.39, 0.29) is 76.8 Å². The van der Waals surface area contributed by atoms with Crippen molar-refractivity contribution in [2.24, 2.45) is 0 Å². The number of ketones is 2. The van der Waals surface area contributed by atoms with Crippen LogP contribution in [0.3, 0.4) is 0 Å². The summed E-state index contributed by atoms with van der Waals surface area (Å²) in [6.45, 7) is 5.97. The predicted octanol–water partition coefficient (Wildman–Crippen LogP) is 10.9. The maximum Gasteiger partial charge on any atom is 0.472 e. The molecule has 0 heterocycles. The molecule has 8 N–H and O–H groups in total. The van der Waals surface area contributed by atoms with Gasteiger partial charge < -0.3 is 50.7 Å². The van der Waals surface area contributed by atoms with E-state index in [0.717, 1.165) is 103 Å². The van der Waals surface area contributed by atoms with Crippen LogP contribution < -0.4 is 21.3 Å². The van der Waals surface area contributed by atoms with E-state index in [4.69, 9.17) is 27.6 Å². The normalized spacial score (nSPS) is 14.4. The Labute approximate surface area is 511 Å². The van der Waals surface area contributed by atoms with Gasteiger partial charge in [0.05, 0.1) is 76.8 Å². The monoisotopic (exact) mass is 1260 g/mol. The second-order valence-corrected chi connectivity index (χ2v) is 25.5. The number of unbranched alkanes of at least 4 members (excludes halogenated alkanes) is 24. The molecule has 0 aromatic rings. The van der Waals surface area contributed by atoms with Crippen molar-refractivity contribution < 1.29 is 85.5 Å². The number of carbonyl (C=O) groups is 6. The number of carbonyl (C=O) groups excluding carboxylic acids is 6. The van der Waals surface area contributed by atoms with E-state index in [1.807, 2.05) is 0 Å². The molecule has 0 aromatic heterocycles. The molecule has 0 rings (SSSR count). The number of hydrogen-bond acceptors (Lipinski definition) is 16. The third kappa shape index (κ3) is 56.3. The van der Waals surface area contributed by atoms with E-state index in [1.54, 1.807) is 0 Å². The number of aliphatic hydroxyl groups is 2. The quantitative estimate of drug-likeness (QED) is 0.0159. The molecule has 0 aromatic carbocycles. The molecule has 6 atom stereocenters. The number of aliphatic hydroxyl groups excluding tert-OH is 2. The van der Waals surface area contributed by atoms with Crippen molar-refractivity contribution in [1.29, 1.82) is 0 Å². The molecule has 0 spiro atoms. The molecule has 85 heavy (non-hydrogen) atoms. The molecule has 0 radical (unpaired) electrons. The first-order valence-electron chi connectivity index (χ1n) is 32.8. The molecule has 4 unspecified atom stereocenters. The molecule has 24 heteroatoms. The van der Waals surface area contributed by atoms with Gasteiger partial charge in [0.15, 0.2) is 0 Å². The minimum Gasteiger partial charge on any atom is -0.393 e. The summed E-state index contributed by atoms with van der Waals surface area (Å²) < 4.78 is 57.3. The number of rotatable bonds is 64. The molecule has 0 aliphatic rings. The third-order valence-electron chi connectivity index (χ3n) is 14.2. The lowest BCUT2D eigenvalue weighted by Gasteiger charge is -2.21. The summed E-state index contributed by atoms with van der Waals surface area (Å²) in [5, 5.41) is 30.8. The fraction of sp³-hybridized carbons (Fsp3) is 0.902. The van der Waals surface area contributed by atoms with E-state index < -0.39 is 96.4 Å². The fourth-order valence-electron chi connectivity index (χ4n) is 9.18. The van der Waals surface area contributed by atoms with Crippen LogP contribution in [0.4, 0.5) is 0 Å². The first-order valence-corrected chi connectivity index (χ1v) is 35.7. The van der Waals surface area contributed by atoms with Gasteiger partial charge in [0.25, 0.3) is 0 Å². The lowest BCUT2D eigenvalue weighted by atomic mass is 10.0. The molecular weight excluding hydrogens is 1140 g/mol. The molecule has 0 fully saturated rings. The fourth-order valence-corrected chi connectivity index (χ4v) is 10.7. The lowest BCUT2D eigenvalue weighted by molar-refractivity contribution is -0.130. The second-order valence-electron chi connectivity index (χ2n) is 22.6. The molecule has 0 saturated heterocycles. The lowest BCUT2D eigenvalue weighted by Crippen LogP contribution is -2.42. The molecule has 4 amide bonds. The van der Waals surface area contributed by atoms with E-state index in [9.17, 15) is 57.9 Å². The first kappa shape index (κ1) is 82.3. The number of phosphoric ester groups is 2. The smallest absolute Gasteiger partial charge is 0.393 e. The van der Waals surface area contributed by atoms with Crippen LogP contribution in [0.15, 0.2) is 0 Å². The van der Waals surface area contributed by atoms with Crippen LogP contribution in [-0.4, -0.2) is 145 Å². The molecule has 0 bridgehead atoms. The van der Waals surface area contributed by atoms with Gasteiger partial charge in [-0.05, 0) is 38.5 Å². The zero-order valence-corrected chi connectivity index (χ0v) is 54.7.